The zero-order valence-corrected chi connectivity index (χ0v) is 11.3. The zero-order chi connectivity index (χ0) is 13.2. The maximum absolute atomic E-state index is 5.96. The first kappa shape index (κ1) is 12.4. The minimum Gasteiger partial charge on any atom is -0.365 e. The molecule has 1 saturated heterocycles. The highest BCUT2D eigenvalue weighted by atomic mass is 15.2. The number of benzene rings is 1. The Labute approximate surface area is 113 Å². The second-order valence-corrected chi connectivity index (χ2v) is 5.46. The Morgan fingerprint density at radius 2 is 2.21 bits per heavy atom. The Hall–Kier alpha value is -1.68. The molecule has 1 aliphatic heterocycles. The van der Waals surface area contributed by atoms with Crippen LogP contribution in [0.25, 0.3) is 10.9 Å². The van der Waals surface area contributed by atoms with Gasteiger partial charge in [0.15, 0.2) is 0 Å². The molecule has 0 spiro atoms. The lowest BCUT2D eigenvalue weighted by Gasteiger charge is -2.39. The van der Waals surface area contributed by atoms with Crippen molar-refractivity contribution in [1.29, 1.82) is 0 Å². The van der Waals surface area contributed by atoms with E-state index in [2.05, 4.69) is 34.2 Å². The molecule has 100 valence electrons. The molecule has 4 heteroatoms. The molecule has 0 amide bonds. The predicted octanol–water partition coefficient (Wildman–Crippen LogP) is 2.19. The summed E-state index contributed by atoms with van der Waals surface area (Å²) in [6.07, 6.45) is 4.25. The summed E-state index contributed by atoms with van der Waals surface area (Å²) in [6.45, 7) is 4.06. The van der Waals surface area contributed by atoms with E-state index in [0.717, 1.165) is 24.4 Å². The average Bonchev–Trinajstić information content (AvgIpc) is 2.46. The summed E-state index contributed by atoms with van der Waals surface area (Å²) in [4.78, 5) is 2.41. The number of nitrogens with zero attached hydrogens (tertiary/aromatic N) is 3. The van der Waals surface area contributed by atoms with Gasteiger partial charge in [0.1, 0.15) is 0 Å². The van der Waals surface area contributed by atoms with Gasteiger partial charge in [0, 0.05) is 24.5 Å². The van der Waals surface area contributed by atoms with Crippen LogP contribution < -0.4 is 10.6 Å². The molecule has 1 aromatic heterocycles. The molecule has 2 heterocycles. The van der Waals surface area contributed by atoms with Gasteiger partial charge in [-0.25, -0.2) is 0 Å². The van der Waals surface area contributed by atoms with Gasteiger partial charge < -0.3 is 10.6 Å². The summed E-state index contributed by atoms with van der Waals surface area (Å²) in [5.41, 5.74) is 8.09. The molecule has 2 N–H and O–H groups in total. The van der Waals surface area contributed by atoms with Gasteiger partial charge in [-0.3, -0.25) is 0 Å². The van der Waals surface area contributed by atoms with Crippen LogP contribution in [0.3, 0.4) is 0 Å². The van der Waals surface area contributed by atoms with Gasteiger partial charge in [0.25, 0.3) is 0 Å². The maximum atomic E-state index is 5.96. The van der Waals surface area contributed by atoms with Crippen molar-refractivity contribution in [3.63, 3.8) is 0 Å². The highest BCUT2D eigenvalue weighted by molar-refractivity contribution is 5.90. The largest absolute Gasteiger partial charge is 0.365 e. The molecule has 0 bridgehead atoms. The Morgan fingerprint density at radius 3 is 3.05 bits per heavy atom. The second-order valence-electron chi connectivity index (χ2n) is 5.46. The minimum absolute atomic E-state index is 0.413. The van der Waals surface area contributed by atoms with Gasteiger partial charge >= 0.3 is 0 Å². The molecule has 0 saturated carbocycles. The van der Waals surface area contributed by atoms with Crippen LogP contribution in [-0.2, 0) is 0 Å². The quantitative estimate of drug-likeness (QED) is 0.895. The lowest BCUT2D eigenvalue weighted by Crippen LogP contribution is -2.46. The van der Waals surface area contributed by atoms with Crippen molar-refractivity contribution in [3.8, 4) is 0 Å². The van der Waals surface area contributed by atoms with E-state index in [9.17, 15) is 0 Å². The van der Waals surface area contributed by atoms with Crippen molar-refractivity contribution in [3.05, 3.63) is 30.5 Å². The van der Waals surface area contributed by atoms with Gasteiger partial charge in [-0.1, -0.05) is 25.1 Å². The van der Waals surface area contributed by atoms with Crippen molar-refractivity contribution in [2.75, 3.05) is 18.0 Å². The first-order valence-electron chi connectivity index (χ1n) is 6.96. The molecule has 19 heavy (non-hydrogen) atoms. The van der Waals surface area contributed by atoms with E-state index in [4.69, 9.17) is 5.73 Å². The molecular weight excluding hydrogens is 236 g/mol. The van der Waals surface area contributed by atoms with Crippen LogP contribution in [0, 0.1) is 5.92 Å². The van der Waals surface area contributed by atoms with Crippen LogP contribution in [0.2, 0.25) is 0 Å². The molecule has 0 aliphatic carbocycles. The van der Waals surface area contributed by atoms with E-state index in [1.54, 1.807) is 0 Å². The first-order valence-corrected chi connectivity index (χ1v) is 6.96. The summed E-state index contributed by atoms with van der Waals surface area (Å²) in [6, 6.07) is 8.59. The van der Waals surface area contributed by atoms with Crippen LogP contribution in [0.15, 0.2) is 30.5 Å². The van der Waals surface area contributed by atoms with Crippen molar-refractivity contribution in [1.82, 2.24) is 10.2 Å². The molecule has 0 radical (unpaired) electrons. The van der Waals surface area contributed by atoms with Gasteiger partial charge in [0.05, 0.1) is 17.4 Å². The van der Waals surface area contributed by atoms with E-state index < -0.39 is 0 Å². The summed E-state index contributed by atoms with van der Waals surface area (Å²) in [5, 5.41) is 9.51. The number of rotatable bonds is 2. The third-order valence-corrected chi connectivity index (χ3v) is 4.09. The summed E-state index contributed by atoms with van der Waals surface area (Å²) in [5.74, 6) is 0.755. The van der Waals surface area contributed by atoms with Crippen molar-refractivity contribution >= 4 is 16.6 Å². The fraction of sp³-hybridized carbons (Fsp3) is 0.467. The molecule has 1 aliphatic rings. The average molecular weight is 256 g/mol. The smallest absolute Gasteiger partial charge is 0.0950 e. The third kappa shape index (κ3) is 2.28. The number of hydrogen-bond donors (Lipinski definition) is 1. The third-order valence-electron chi connectivity index (χ3n) is 4.09. The lowest BCUT2D eigenvalue weighted by molar-refractivity contribution is 0.367. The molecule has 1 aromatic carbocycles. The van der Waals surface area contributed by atoms with E-state index in [1.807, 2.05) is 18.3 Å². The van der Waals surface area contributed by atoms with Crippen LogP contribution in [0.5, 0.6) is 0 Å². The van der Waals surface area contributed by atoms with Crippen LogP contribution in [0.1, 0.15) is 19.8 Å². The number of fused-ring (bicyclic) bond motifs is 1. The van der Waals surface area contributed by atoms with Crippen molar-refractivity contribution in [2.45, 2.75) is 25.8 Å². The summed E-state index contributed by atoms with van der Waals surface area (Å²) >= 11 is 0. The second kappa shape index (κ2) is 5.13. The van der Waals surface area contributed by atoms with E-state index in [0.29, 0.717) is 12.6 Å². The minimum atomic E-state index is 0.413. The van der Waals surface area contributed by atoms with E-state index in [-0.39, 0.29) is 0 Å². The number of aromatic nitrogens is 2. The monoisotopic (exact) mass is 256 g/mol. The van der Waals surface area contributed by atoms with Crippen LogP contribution >= 0.6 is 0 Å². The molecule has 2 atom stereocenters. The number of anilines is 1. The number of nitrogens with two attached hydrogens (primary N) is 1. The maximum Gasteiger partial charge on any atom is 0.0950 e. The van der Waals surface area contributed by atoms with Gasteiger partial charge in [0.2, 0.25) is 0 Å². The van der Waals surface area contributed by atoms with Gasteiger partial charge in [-0.05, 0) is 24.8 Å². The Morgan fingerprint density at radius 1 is 1.37 bits per heavy atom. The standard InChI is InChI=1S/C15H20N4/c1-11-6-7-19(12(8-11)9-16)15-10-17-18-14-5-3-2-4-13(14)15/h2-5,10-12H,6-9,16H2,1H3. The van der Waals surface area contributed by atoms with E-state index >= 15 is 0 Å². The highest BCUT2D eigenvalue weighted by Crippen LogP contribution is 2.31. The summed E-state index contributed by atoms with van der Waals surface area (Å²) < 4.78 is 0. The first-order chi connectivity index (χ1) is 9.29. The van der Waals surface area contributed by atoms with Crippen molar-refractivity contribution in [2.24, 2.45) is 11.7 Å². The summed E-state index contributed by atoms with van der Waals surface area (Å²) in [7, 11) is 0. The SMILES string of the molecule is CC1CCN(c2cnnc3ccccc23)C(CN)C1. The van der Waals surface area contributed by atoms with Gasteiger partial charge in [-0.2, -0.15) is 10.2 Å². The molecule has 2 unspecified atom stereocenters. The fourth-order valence-corrected chi connectivity index (χ4v) is 3.01. The topological polar surface area (TPSA) is 55.0 Å². The van der Waals surface area contributed by atoms with Crippen LogP contribution in [-0.4, -0.2) is 29.3 Å². The van der Waals surface area contributed by atoms with E-state index in [1.165, 1.54) is 17.5 Å². The van der Waals surface area contributed by atoms with Crippen molar-refractivity contribution < 1.29 is 0 Å². The van der Waals surface area contributed by atoms with Gasteiger partial charge in [-0.15, -0.1) is 0 Å². The zero-order valence-electron chi connectivity index (χ0n) is 11.3. The predicted molar refractivity (Wildman–Crippen MR) is 78.1 cm³/mol. The molecule has 4 nitrogen and oxygen atoms in total. The molecule has 2 aromatic rings. The molecule has 1 fully saturated rings. The number of hydrogen-bond acceptors (Lipinski definition) is 4. The Balaban J connectivity index is 2.03. The number of piperidine rings is 1. The normalized spacial score (nSPS) is 23.8. The fourth-order valence-electron chi connectivity index (χ4n) is 3.01. The molecular formula is C15H20N4. The lowest BCUT2D eigenvalue weighted by atomic mass is 9.92. The Kier molecular flexibility index (Phi) is 3.34. The van der Waals surface area contributed by atoms with Crippen LogP contribution in [0.4, 0.5) is 5.69 Å². The molecule has 3 rings (SSSR count). The Bertz CT molecular complexity index is 564. The highest BCUT2D eigenvalue weighted by Gasteiger charge is 2.26.